The lowest BCUT2D eigenvalue weighted by molar-refractivity contribution is 0.484. The van der Waals surface area contributed by atoms with Gasteiger partial charge in [-0.15, -0.1) is 0 Å². The maximum absolute atomic E-state index is 11.4. The van der Waals surface area contributed by atoms with Crippen LogP contribution in [-0.2, 0) is 9.84 Å². The monoisotopic (exact) mass is 237 g/mol. The average molecular weight is 237 g/mol. The van der Waals surface area contributed by atoms with E-state index in [-0.39, 0.29) is 0 Å². The van der Waals surface area contributed by atoms with Crippen molar-refractivity contribution in [1.82, 2.24) is 5.32 Å². The van der Waals surface area contributed by atoms with Crippen molar-refractivity contribution in [3.05, 3.63) is 0 Å². The standard InChI is InChI=1S/C9H19NO2S2/c1-9(2,14(3,11)12)7-10-8-4-5-13-6-8/h8,10H,4-7H2,1-3H3. The minimum atomic E-state index is -2.96. The van der Waals surface area contributed by atoms with Crippen molar-refractivity contribution >= 4 is 21.6 Å². The molecule has 0 radical (unpaired) electrons. The zero-order valence-corrected chi connectivity index (χ0v) is 10.7. The molecule has 1 saturated heterocycles. The van der Waals surface area contributed by atoms with E-state index in [9.17, 15) is 8.42 Å². The predicted molar refractivity (Wildman–Crippen MR) is 62.7 cm³/mol. The van der Waals surface area contributed by atoms with Crippen molar-refractivity contribution in [1.29, 1.82) is 0 Å². The summed E-state index contributed by atoms with van der Waals surface area (Å²) in [6, 6.07) is 0.501. The van der Waals surface area contributed by atoms with Crippen molar-refractivity contribution in [2.24, 2.45) is 0 Å². The second-order valence-corrected chi connectivity index (χ2v) is 8.27. The highest BCUT2D eigenvalue weighted by atomic mass is 32.2. The number of thioether (sulfide) groups is 1. The first-order valence-electron chi connectivity index (χ1n) is 4.84. The Kier molecular flexibility index (Phi) is 3.88. The van der Waals surface area contributed by atoms with E-state index in [2.05, 4.69) is 5.32 Å². The molecule has 0 aromatic carbocycles. The predicted octanol–water partition coefficient (Wildman–Crippen LogP) is 0.905. The fourth-order valence-electron chi connectivity index (χ4n) is 1.22. The number of hydrogen-bond donors (Lipinski definition) is 1. The molecule has 1 rings (SSSR count). The van der Waals surface area contributed by atoms with Crippen LogP contribution in [0.25, 0.3) is 0 Å². The fourth-order valence-corrected chi connectivity index (χ4v) is 2.75. The molecule has 0 saturated carbocycles. The summed E-state index contributed by atoms with van der Waals surface area (Å²) in [5, 5.41) is 3.33. The van der Waals surface area contributed by atoms with Crippen molar-refractivity contribution in [2.75, 3.05) is 24.3 Å². The molecule has 1 aliphatic heterocycles. The van der Waals surface area contributed by atoms with Gasteiger partial charge in [-0.2, -0.15) is 11.8 Å². The van der Waals surface area contributed by atoms with Gasteiger partial charge in [-0.25, -0.2) is 8.42 Å². The van der Waals surface area contributed by atoms with E-state index in [4.69, 9.17) is 0 Å². The molecule has 0 aromatic rings. The summed E-state index contributed by atoms with van der Waals surface area (Å²) >= 11 is 1.93. The SMILES string of the molecule is CC(C)(CNC1CCSC1)S(C)(=O)=O. The van der Waals surface area contributed by atoms with Crippen LogP contribution in [0.3, 0.4) is 0 Å². The van der Waals surface area contributed by atoms with Crippen molar-refractivity contribution in [3.8, 4) is 0 Å². The van der Waals surface area contributed by atoms with Gasteiger partial charge >= 0.3 is 0 Å². The van der Waals surface area contributed by atoms with Crippen LogP contribution in [-0.4, -0.2) is 43.5 Å². The molecule has 14 heavy (non-hydrogen) atoms. The molecule has 1 heterocycles. The van der Waals surface area contributed by atoms with Crippen molar-refractivity contribution in [2.45, 2.75) is 31.1 Å². The zero-order valence-electron chi connectivity index (χ0n) is 9.04. The smallest absolute Gasteiger partial charge is 0.153 e. The quantitative estimate of drug-likeness (QED) is 0.789. The molecule has 1 atom stereocenters. The van der Waals surface area contributed by atoms with E-state index in [1.807, 2.05) is 11.8 Å². The summed E-state index contributed by atoms with van der Waals surface area (Å²) in [5.74, 6) is 2.30. The molecular weight excluding hydrogens is 218 g/mol. The van der Waals surface area contributed by atoms with Gasteiger partial charge in [0.05, 0.1) is 4.75 Å². The van der Waals surface area contributed by atoms with Gasteiger partial charge in [-0.1, -0.05) is 0 Å². The lowest BCUT2D eigenvalue weighted by Gasteiger charge is -2.24. The van der Waals surface area contributed by atoms with Crippen LogP contribution in [0.4, 0.5) is 0 Å². The van der Waals surface area contributed by atoms with Crippen LogP contribution in [0.15, 0.2) is 0 Å². The summed E-state index contributed by atoms with van der Waals surface area (Å²) in [7, 11) is -2.96. The second-order valence-electron chi connectivity index (χ2n) is 4.47. The minimum Gasteiger partial charge on any atom is -0.312 e. The number of hydrogen-bond acceptors (Lipinski definition) is 4. The maximum atomic E-state index is 11.4. The van der Waals surface area contributed by atoms with Crippen LogP contribution in [0.5, 0.6) is 0 Å². The van der Waals surface area contributed by atoms with E-state index < -0.39 is 14.6 Å². The van der Waals surface area contributed by atoms with Gasteiger partial charge in [-0.05, 0) is 26.0 Å². The third-order valence-corrected chi connectivity index (χ3v) is 6.06. The fraction of sp³-hybridized carbons (Fsp3) is 1.00. The van der Waals surface area contributed by atoms with Crippen LogP contribution < -0.4 is 5.32 Å². The highest BCUT2D eigenvalue weighted by Crippen LogP contribution is 2.19. The molecule has 84 valence electrons. The van der Waals surface area contributed by atoms with Crippen LogP contribution in [0, 0.1) is 0 Å². The highest BCUT2D eigenvalue weighted by Gasteiger charge is 2.30. The Balaban J connectivity index is 2.43. The summed E-state index contributed by atoms with van der Waals surface area (Å²) in [6.07, 6.45) is 2.46. The third kappa shape index (κ3) is 3.14. The Morgan fingerprint density at radius 2 is 2.14 bits per heavy atom. The molecule has 1 aliphatic rings. The zero-order chi connectivity index (χ0) is 10.8. The number of rotatable bonds is 4. The molecule has 0 bridgehead atoms. The van der Waals surface area contributed by atoms with E-state index in [1.54, 1.807) is 13.8 Å². The lowest BCUT2D eigenvalue weighted by atomic mass is 10.2. The van der Waals surface area contributed by atoms with Gasteiger partial charge in [0, 0.05) is 24.6 Å². The van der Waals surface area contributed by atoms with Crippen LogP contribution in [0.1, 0.15) is 20.3 Å². The summed E-state index contributed by atoms with van der Waals surface area (Å²) in [5.41, 5.74) is 0. The van der Waals surface area contributed by atoms with Crippen LogP contribution >= 0.6 is 11.8 Å². The van der Waals surface area contributed by atoms with Gasteiger partial charge in [0.25, 0.3) is 0 Å². The van der Waals surface area contributed by atoms with Crippen molar-refractivity contribution in [3.63, 3.8) is 0 Å². The highest BCUT2D eigenvalue weighted by molar-refractivity contribution is 7.99. The molecule has 1 N–H and O–H groups in total. The molecule has 1 unspecified atom stereocenters. The Morgan fingerprint density at radius 3 is 2.57 bits per heavy atom. The Bertz CT molecular complexity index is 279. The van der Waals surface area contributed by atoms with Gasteiger partial charge < -0.3 is 5.32 Å². The molecule has 0 amide bonds. The second kappa shape index (κ2) is 4.41. The van der Waals surface area contributed by atoms with Gasteiger partial charge in [0.1, 0.15) is 0 Å². The van der Waals surface area contributed by atoms with Crippen molar-refractivity contribution < 1.29 is 8.42 Å². The minimum absolute atomic E-state index is 0.501. The first kappa shape index (κ1) is 12.3. The van der Waals surface area contributed by atoms with Crippen LogP contribution in [0.2, 0.25) is 0 Å². The van der Waals surface area contributed by atoms with E-state index in [0.717, 1.165) is 12.2 Å². The van der Waals surface area contributed by atoms with E-state index in [0.29, 0.717) is 12.6 Å². The Labute approximate surface area is 91.0 Å². The van der Waals surface area contributed by atoms with Gasteiger partial charge in [-0.3, -0.25) is 0 Å². The molecule has 5 heteroatoms. The maximum Gasteiger partial charge on any atom is 0.153 e. The van der Waals surface area contributed by atoms with Gasteiger partial charge in [0.15, 0.2) is 9.84 Å². The first-order valence-corrected chi connectivity index (χ1v) is 7.88. The first-order chi connectivity index (χ1) is 6.33. The normalized spacial score (nSPS) is 24.1. The molecule has 1 fully saturated rings. The summed E-state index contributed by atoms with van der Waals surface area (Å²) < 4.78 is 22.2. The molecular formula is C9H19NO2S2. The summed E-state index contributed by atoms with van der Waals surface area (Å²) in [4.78, 5) is 0. The Hall–Kier alpha value is 0.260. The molecule has 3 nitrogen and oxygen atoms in total. The van der Waals surface area contributed by atoms with E-state index in [1.165, 1.54) is 12.0 Å². The summed E-state index contributed by atoms with van der Waals surface area (Å²) in [6.45, 7) is 4.10. The van der Waals surface area contributed by atoms with E-state index >= 15 is 0 Å². The third-order valence-electron chi connectivity index (χ3n) is 2.75. The number of sulfone groups is 1. The largest absolute Gasteiger partial charge is 0.312 e. The average Bonchev–Trinajstić information content (AvgIpc) is 2.50. The topological polar surface area (TPSA) is 46.2 Å². The number of nitrogens with one attached hydrogen (secondary N) is 1. The lowest BCUT2D eigenvalue weighted by Crippen LogP contribution is -2.45. The Morgan fingerprint density at radius 1 is 1.50 bits per heavy atom. The molecule has 0 aliphatic carbocycles. The molecule has 0 aromatic heterocycles. The van der Waals surface area contributed by atoms with Gasteiger partial charge in [0.2, 0.25) is 0 Å². The molecule has 0 spiro atoms.